The van der Waals surface area contributed by atoms with Crippen LogP contribution in [0.1, 0.15) is 70.3 Å². The number of phenolic OH excluding ortho intramolecular Hbond substituents is 1. The second-order valence-corrected chi connectivity index (χ2v) is 6.34. The molecule has 0 amide bonds. The van der Waals surface area contributed by atoms with Gasteiger partial charge < -0.3 is 9.84 Å². The summed E-state index contributed by atoms with van der Waals surface area (Å²) < 4.78 is 5.00. The van der Waals surface area contributed by atoms with Crippen molar-refractivity contribution in [3.05, 3.63) is 42.0 Å². The van der Waals surface area contributed by atoms with Crippen LogP contribution < -0.4 is 4.74 Å². The lowest BCUT2D eigenvalue weighted by Crippen LogP contribution is -1.92. The summed E-state index contributed by atoms with van der Waals surface area (Å²) in [6.45, 7) is 2.23. The highest BCUT2D eigenvalue weighted by Gasteiger charge is 2.00. The molecule has 0 bridgehead atoms. The summed E-state index contributed by atoms with van der Waals surface area (Å²) in [7, 11) is 1.52. The number of hydrogen-bond acceptors (Lipinski definition) is 3. The molecule has 0 aliphatic rings. The van der Waals surface area contributed by atoms with Gasteiger partial charge in [0.2, 0.25) is 0 Å². The Labute approximate surface area is 152 Å². The number of unbranched alkanes of at least 4 members (excludes halogenated alkanes) is 7. The molecule has 0 aromatic heterocycles. The zero-order valence-electron chi connectivity index (χ0n) is 15.7. The van der Waals surface area contributed by atoms with Crippen LogP contribution in [0.5, 0.6) is 11.5 Å². The quantitative estimate of drug-likeness (QED) is 0.268. The smallest absolute Gasteiger partial charge is 0.160 e. The molecular formula is C22H32O3. The van der Waals surface area contributed by atoms with Crippen molar-refractivity contribution >= 4 is 11.9 Å². The first kappa shape index (κ1) is 21.0. The highest BCUT2D eigenvalue weighted by Crippen LogP contribution is 2.26. The maximum absolute atomic E-state index is 11.8. The third-order valence-electron chi connectivity index (χ3n) is 4.16. The lowest BCUT2D eigenvalue weighted by atomic mass is 10.1. The molecule has 0 unspecified atom stereocenters. The van der Waals surface area contributed by atoms with E-state index in [0.29, 0.717) is 12.2 Å². The van der Waals surface area contributed by atoms with Crippen LogP contribution >= 0.6 is 0 Å². The molecule has 0 aliphatic carbocycles. The van der Waals surface area contributed by atoms with E-state index in [1.807, 2.05) is 18.2 Å². The van der Waals surface area contributed by atoms with Crippen molar-refractivity contribution in [2.24, 2.45) is 0 Å². The Morgan fingerprint density at radius 3 is 2.36 bits per heavy atom. The number of ketones is 1. The van der Waals surface area contributed by atoms with E-state index in [2.05, 4.69) is 6.92 Å². The fourth-order valence-corrected chi connectivity index (χ4v) is 2.66. The van der Waals surface area contributed by atoms with Crippen molar-refractivity contribution in [2.45, 2.75) is 64.7 Å². The molecule has 0 aliphatic heterocycles. The predicted octanol–water partition coefficient (Wildman–Crippen LogP) is 6.07. The summed E-state index contributed by atoms with van der Waals surface area (Å²) in [5.41, 5.74) is 0.860. The van der Waals surface area contributed by atoms with Crippen LogP contribution in [-0.4, -0.2) is 18.0 Å². The molecule has 0 heterocycles. The van der Waals surface area contributed by atoms with Crippen LogP contribution in [0.3, 0.4) is 0 Å². The maximum atomic E-state index is 11.8. The van der Waals surface area contributed by atoms with E-state index in [1.165, 1.54) is 45.6 Å². The minimum Gasteiger partial charge on any atom is -0.504 e. The molecule has 0 saturated carbocycles. The van der Waals surface area contributed by atoms with Gasteiger partial charge in [-0.3, -0.25) is 4.79 Å². The van der Waals surface area contributed by atoms with Crippen LogP contribution in [0.25, 0.3) is 6.08 Å². The summed E-state index contributed by atoms with van der Waals surface area (Å²) >= 11 is 0. The third kappa shape index (κ3) is 9.75. The van der Waals surface area contributed by atoms with Gasteiger partial charge in [0.25, 0.3) is 0 Å². The number of rotatable bonds is 13. The molecule has 0 radical (unpaired) electrons. The predicted molar refractivity (Wildman–Crippen MR) is 105 cm³/mol. The second kappa shape index (κ2) is 13.3. The SMILES string of the molecule is CCCCCCCCCCC(=O)C=CC=Cc1ccc(OC)c(O)c1. The molecule has 0 saturated heterocycles. The molecule has 1 N–H and O–H groups in total. The summed E-state index contributed by atoms with van der Waals surface area (Å²) in [6.07, 6.45) is 17.6. The van der Waals surface area contributed by atoms with E-state index in [-0.39, 0.29) is 11.5 Å². The zero-order valence-corrected chi connectivity index (χ0v) is 15.7. The first-order chi connectivity index (χ1) is 12.2. The molecule has 138 valence electrons. The molecular weight excluding hydrogens is 312 g/mol. The highest BCUT2D eigenvalue weighted by molar-refractivity contribution is 5.89. The van der Waals surface area contributed by atoms with E-state index in [9.17, 15) is 9.90 Å². The van der Waals surface area contributed by atoms with Crippen molar-refractivity contribution < 1.29 is 14.6 Å². The van der Waals surface area contributed by atoms with Gasteiger partial charge in [0.1, 0.15) is 0 Å². The maximum Gasteiger partial charge on any atom is 0.160 e. The highest BCUT2D eigenvalue weighted by atomic mass is 16.5. The third-order valence-corrected chi connectivity index (χ3v) is 4.16. The van der Waals surface area contributed by atoms with E-state index in [0.717, 1.165) is 18.4 Å². The average Bonchev–Trinajstić information content (AvgIpc) is 2.61. The Morgan fingerprint density at radius 1 is 1.04 bits per heavy atom. The van der Waals surface area contributed by atoms with Gasteiger partial charge in [-0.1, -0.05) is 76.2 Å². The molecule has 3 nitrogen and oxygen atoms in total. The van der Waals surface area contributed by atoms with Gasteiger partial charge in [0.15, 0.2) is 17.3 Å². The Bertz CT molecular complexity index is 558. The van der Waals surface area contributed by atoms with E-state index in [4.69, 9.17) is 4.74 Å². The largest absolute Gasteiger partial charge is 0.504 e. The molecule has 1 aromatic rings. The Balaban J connectivity index is 2.18. The molecule has 1 rings (SSSR count). The molecule has 0 spiro atoms. The van der Waals surface area contributed by atoms with Gasteiger partial charge in [-0.05, 0) is 30.2 Å². The number of allylic oxidation sites excluding steroid dienone is 3. The van der Waals surface area contributed by atoms with Crippen molar-refractivity contribution in [3.63, 3.8) is 0 Å². The minimum atomic E-state index is 0.111. The molecule has 1 aromatic carbocycles. The second-order valence-electron chi connectivity index (χ2n) is 6.34. The van der Waals surface area contributed by atoms with Gasteiger partial charge in [-0.15, -0.1) is 0 Å². The summed E-state index contributed by atoms with van der Waals surface area (Å²) in [5.74, 6) is 0.737. The van der Waals surface area contributed by atoms with Gasteiger partial charge in [-0.25, -0.2) is 0 Å². The van der Waals surface area contributed by atoms with Gasteiger partial charge in [0, 0.05) is 6.42 Å². The molecule has 3 heteroatoms. The van der Waals surface area contributed by atoms with Crippen LogP contribution in [0.4, 0.5) is 0 Å². The first-order valence-corrected chi connectivity index (χ1v) is 9.42. The fourth-order valence-electron chi connectivity index (χ4n) is 2.66. The average molecular weight is 344 g/mol. The van der Waals surface area contributed by atoms with Crippen LogP contribution in [0.15, 0.2) is 36.4 Å². The number of benzene rings is 1. The van der Waals surface area contributed by atoms with Crippen molar-refractivity contribution in [2.75, 3.05) is 7.11 Å². The minimum absolute atomic E-state index is 0.111. The normalized spacial score (nSPS) is 11.4. The summed E-state index contributed by atoms with van der Waals surface area (Å²) in [6, 6.07) is 5.20. The standard InChI is InChI=1S/C22H32O3/c1-3-4-5-6-7-8-9-10-14-20(23)15-12-11-13-19-16-17-22(25-2)21(24)18-19/h11-13,15-18,24H,3-10,14H2,1-2H3. The Hall–Kier alpha value is -2.03. The summed E-state index contributed by atoms with van der Waals surface area (Å²) in [4.78, 5) is 11.8. The van der Waals surface area contributed by atoms with Crippen molar-refractivity contribution in [1.29, 1.82) is 0 Å². The number of phenols is 1. The Morgan fingerprint density at radius 2 is 1.72 bits per heavy atom. The number of carbonyl (C=O) groups excluding carboxylic acids is 1. The lowest BCUT2D eigenvalue weighted by Gasteiger charge is -2.02. The molecule has 0 fully saturated rings. The monoisotopic (exact) mass is 344 g/mol. The van der Waals surface area contributed by atoms with E-state index in [1.54, 1.807) is 24.3 Å². The van der Waals surface area contributed by atoms with Crippen molar-refractivity contribution in [1.82, 2.24) is 0 Å². The summed E-state index contributed by atoms with van der Waals surface area (Å²) in [5, 5.41) is 9.71. The van der Waals surface area contributed by atoms with Gasteiger partial charge in [0.05, 0.1) is 7.11 Å². The Kier molecular flexibility index (Phi) is 11.2. The number of carbonyl (C=O) groups is 1. The number of aromatic hydroxyl groups is 1. The van der Waals surface area contributed by atoms with E-state index < -0.39 is 0 Å². The van der Waals surface area contributed by atoms with Gasteiger partial charge >= 0.3 is 0 Å². The number of ether oxygens (including phenoxy) is 1. The lowest BCUT2D eigenvalue weighted by molar-refractivity contribution is -0.114. The first-order valence-electron chi connectivity index (χ1n) is 9.42. The van der Waals surface area contributed by atoms with Gasteiger partial charge in [-0.2, -0.15) is 0 Å². The number of hydrogen-bond donors (Lipinski definition) is 1. The van der Waals surface area contributed by atoms with Crippen LogP contribution in [-0.2, 0) is 4.79 Å². The molecule has 0 atom stereocenters. The van der Waals surface area contributed by atoms with Crippen molar-refractivity contribution in [3.8, 4) is 11.5 Å². The van der Waals surface area contributed by atoms with Crippen LogP contribution in [0, 0.1) is 0 Å². The van der Waals surface area contributed by atoms with Crippen LogP contribution in [0.2, 0.25) is 0 Å². The fraction of sp³-hybridized carbons (Fsp3) is 0.500. The number of methoxy groups -OCH3 is 1. The zero-order chi connectivity index (χ0) is 18.3. The molecule has 25 heavy (non-hydrogen) atoms. The topological polar surface area (TPSA) is 46.5 Å². The van der Waals surface area contributed by atoms with E-state index >= 15 is 0 Å².